The molecule has 0 spiro atoms. The van der Waals surface area contributed by atoms with Gasteiger partial charge in [0, 0.05) is 25.8 Å². The second-order valence-corrected chi connectivity index (χ2v) is 7.63. The molecule has 1 amide bonds. The first-order valence-electron chi connectivity index (χ1n) is 8.21. The lowest BCUT2D eigenvalue weighted by Crippen LogP contribution is -2.46. The number of carbonyl (C=O) groups excluding carboxylic acids is 2. The van der Waals surface area contributed by atoms with Gasteiger partial charge in [0.15, 0.2) is 6.17 Å². The molecule has 3 rings (SSSR count). The van der Waals surface area contributed by atoms with Gasteiger partial charge in [-0.2, -0.15) is 0 Å². The molecule has 0 saturated carbocycles. The lowest BCUT2D eigenvalue weighted by molar-refractivity contribution is 0.0869. The van der Waals surface area contributed by atoms with E-state index in [-0.39, 0.29) is 11.7 Å². The van der Waals surface area contributed by atoms with Gasteiger partial charge in [-0.25, -0.2) is 0 Å². The van der Waals surface area contributed by atoms with Gasteiger partial charge in [-0.1, -0.05) is 68.3 Å². The summed E-state index contributed by atoms with van der Waals surface area (Å²) in [6.07, 6.45) is -0.905. The van der Waals surface area contributed by atoms with Gasteiger partial charge in [0.05, 0.1) is 0 Å². The van der Waals surface area contributed by atoms with Crippen LogP contribution >= 0.6 is 31.9 Å². The molecule has 0 aromatic heterocycles. The summed E-state index contributed by atoms with van der Waals surface area (Å²) in [5.74, 6) is -0.555. The third-order valence-electron chi connectivity index (χ3n) is 3.84. The Morgan fingerprint density at radius 3 is 2.11 bits per heavy atom. The number of halogens is 2. The highest BCUT2D eigenvalue weighted by atomic mass is 79.9. The molecule has 1 atom stereocenters. The normalized spacial score (nSPS) is 11.5. The van der Waals surface area contributed by atoms with Crippen molar-refractivity contribution in [2.24, 2.45) is 0 Å². The smallest absolute Gasteiger partial charge is 0.253 e. The van der Waals surface area contributed by atoms with Crippen molar-refractivity contribution >= 4 is 49.2 Å². The Hall–Kier alpha value is -2.44. The van der Waals surface area contributed by atoms with Crippen LogP contribution < -0.4 is 10.6 Å². The monoisotopic (exact) mass is 486 g/mol. The molecule has 4 nitrogen and oxygen atoms in total. The molecule has 0 fully saturated rings. The Kier molecular flexibility index (Phi) is 6.42. The second-order valence-electron chi connectivity index (χ2n) is 5.80. The van der Waals surface area contributed by atoms with Crippen LogP contribution in [0.2, 0.25) is 0 Å². The molecule has 0 aliphatic carbocycles. The average Bonchev–Trinajstić information content (AvgIpc) is 2.68. The van der Waals surface area contributed by atoms with Gasteiger partial charge >= 0.3 is 0 Å². The average molecular weight is 488 g/mol. The maximum atomic E-state index is 13.0. The van der Waals surface area contributed by atoms with Gasteiger partial charge in [0.1, 0.15) is 0 Å². The van der Waals surface area contributed by atoms with E-state index in [0.717, 1.165) is 14.6 Å². The lowest BCUT2D eigenvalue weighted by atomic mass is 10.1. The molecule has 0 aliphatic heterocycles. The van der Waals surface area contributed by atoms with Crippen molar-refractivity contribution in [3.8, 4) is 0 Å². The first kappa shape index (κ1) is 19.3. The summed E-state index contributed by atoms with van der Waals surface area (Å²) in [6, 6.07) is 23.3. The topological polar surface area (TPSA) is 58.2 Å². The molecule has 6 heteroatoms. The Bertz CT molecular complexity index is 944. The van der Waals surface area contributed by atoms with Crippen LogP contribution in [0.3, 0.4) is 0 Å². The Morgan fingerprint density at radius 2 is 1.44 bits per heavy atom. The number of hydrogen-bond donors (Lipinski definition) is 2. The Balaban J connectivity index is 1.85. The molecule has 1 unspecified atom stereocenters. The molecule has 0 saturated heterocycles. The molecular formula is C21H16Br2N2O2. The summed E-state index contributed by atoms with van der Waals surface area (Å²) in [6.45, 7) is 0. The zero-order valence-electron chi connectivity index (χ0n) is 14.2. The fourth-order valence-electron chi connectivity index (χ4n) is 2.50. The largest absolute Gasteiger partial charge is 0.359 e. The van der Waals surface area contributed by atoms with E-state index in [9.17, 15) is 9.59 Å². The summed E-state index contributed by atoms with van der Waals surface area (Å²) < 4.78 is 1.75. The number of hydrogen-bond acceptors (Lipinski definition) is 3. The van der Waals surface area contributed by atoms with Crippen LogP contribution in [0.15, 0.2) is 87.8 Å². The van der Waals surface area contributed by atoms with E-state index in [1.54, 1.807) is 48.5 Å². The molecule has 2 N–H and O–H groups in total. The summed E-state index contributed by atoms with van der Waals surface area (Å²) in [7, 11) is 0. The third kappa shape index (κ3) is 5.28. The second kappa shape index (κ2) is 8.97. The quantitative estimate of drug-likeness (QED) is 0.368. The van der Waals surface area contributed by atoms with Crippen LogP contribution in [-0.2, 0) is 0 Å². The number of anilines is 1. The van der Waals surface area contributed by atoms with Gasteiger partial charge in [-0.15, -0.1) is 0 Å². The van der Waals surface area contributed by atoms with Crippen molar-refractivity contribution in [1.82, 2.24) is 5.32 Å². The summed E-state index contributed by atoms with van der Waals surface area (Å²) >= 11 is 6.76. The molecule has 0 heterocycles. The number of rotatable bonds is 6. The number of nitrogens with one attached hydrogen (secondary N) is 2. The third-order valence-corrected chi connectivity index (χ3v) is 4.86. The first-order chi connectivity index (χ1) is 13.0. The van der Waals surface area contributed by atoms with E-state index >= 15 is 0 Å². The van der Waals surface area contributed by atoms with Crippen molar-refractivity contribution in [1.29, 1.82) is 0 Å². The Labute approximate surface area is 174 Å². The van der Waals surface area contributed by atoms with Crippen molar-refractivity contribution in [3.05, 3.63) is 98.9 Å². The summed E-state index contributed by atoms with van der Waals surface area (Å²) in [5, 5.41) is 5.90. The Morgan fingerprint density at radius 1 is 0.741 bits per heavy atom. The maximum absolute atomic E-state index is 13.0. The van der Waals surface area contributed by atoms with Crippen LogP contribution in [0.25, 0.3) is 0 Å². The highest BCUT2D eigenvalue weighted by Gasteiger charge is 2.22. The molecular weight excluding hydrogens is 472 g/mol. The van der Waals surface area contributed by atoms with E-state index in [0.29, 0.717) is 11.1 Å². The minimum atomic E-state index is -0.905. The van der Waals surface area contributed by atoms with Crippen LogP contribution in [0.4, 0.5) is 5.69 Å². The number of carbonyl (C=O) groups is 2. The predicted molar refractivity (Wildman–Crippen MR) is 114 cm³/mol. The molecule has 0 aliphatic rings. The molecule has 3 aromatic rings. The van der Waals surface area contributed by atoms with Crippen LogP contribution in [0.1, 0.15) is 20.7 Å². The standard InChI is InChI=1S/C21H16Br2N2O2/c22-16-11-9-15(10-12-16)21(27)25-20(19(26)14-5-2-1-3-6-14)24-18-8-4-7-17(23)13-18/h1-13,20,24H,(H,25,27). The van der Waals surface area contributed by atoms with Crippen molar-refractivity contribution in [3.63, 3.8) is 0 Å². The minimum Gasteiger partial charge on any atom is -0.359 e. The van der Waals surface area contributed by atoms with Crippen LogP contribution in [-0.4, -0.2) is 17.9 Å². The van der Waals surface area contributed by atoms with Gasteiger partial charge < -0.3 is 10.6 Å². The SMILES string of the molecule is O=C(NC(Nc1cccc(Br)c1)C(=O)c1ccccc1)c1ccc(Br)cc1. The molecule has 0 radical (unpaired) electrons. The fourth-order valence-corrected chi connectivity index (χ4v) is 3.16. The molecule has 3 aromatic carbocycles. The summed E-state index contributed by atoms with van der Waals surface area (Å²) in [5.41, 5.74) is 1.70. The van der Waals surface area contributed by atoms with E-state index < -0.39 is 6.17 Å². The first-order valence-corrected chi connectivity index (χ1v) is 9.79. The van der Waals surface area contributed by atoms with Crippen molar-refractivity contribution in [2.45, 2.75) is 6.17 Å². The highest BCUT2D eigenvalue weighted by Crippen LogP contribution is 2.17. The van der Waals surface area contributed by atoms with Gasteiger partial charge in [0.25, 0.3) is 5.91 Å². The number of benzene rings is 3. The van der Waals surface area contributed by atoms with Gasteiger partial charge in [0.2, 0.25) is 5.78 Å². The van der Waals surface area contributed by atoms with Crippen molar-refractivity contribution in [2.75, 3.05) is 5.32 Å². The van der Waals surface area contributed by atoms with Crippen molar-refractivity contribution < 1.29 is 9.59 Å². The van der Waals surface area contributed by atoms with Crippen LogP contribution in [0.5, 0.6) is 0 Å². The number of ketones is 1. The molecule has 27 heavy (non-hydrogen) atoms. The van der Waals surface area contributed by atoms with E-state index in [4.69, 9.17) is 0 Å². The summed E-state index contributed by atoms with van der Waals surface area (Å²) in [4.78, 5) is 25.6. The lowest BCUT2D eigenvalue weighted by Gasteiger charge is -2.20. The van der Waals surface area contributed by atoms with Gasteiger partial charge in [-0.05, 0) is 42.5 Å². The zero-order chi connectivity index (χ0) is 19.2. The van der Waals surface area contributed by atoms with Gasteiger partial charge in [-0.3, -0.25) is 9.59 Å². The number of amides is 1. The maximum Gasteiger partial charge on any atom is 0.253 e. The number of Topliss-reactive ketones (excluding diaryl/α,β-unsaturated/α-hetero) is 1. The van der Waals surface area contributed by atoms with Crippen LogP contribution in [0, 0.1) is 0 Å². The molecule has 136 valence electrons. The minimum absolute atomic E-state index is 0.221. The highest BCUT2D eigenvalue weighted by molar-refractivity contribution is 9.10. The fraction of sp³-hybridized carbons (Fsp3) is 0.0476. The van der Waals surface area contributed by atoms with E-state index in [1.807, 2.05) is 30.3 Å². The van der Waals surface area contributed by atoms with E-state index in [2.05, 4.69) is 42.5 Å². The van der Waals surface area contributed by atoms with E-state index in [1.165, 1.54) is 0 Å². The molecule has 0 bridgehead atoms. The zero-order valence-corrected chi connectivity index (χ0v) is 17.3. The predicted octanol–water partition coefficient (Wildman–Crippen LogP) is 5.26.